The Morgan fingerprint density at radius 1 is 1.45 bits per heavy atom. The number of nitrogen functional groups attached to an aromatic ring is 1. The third-order valence-corrected chi connectivity index (χ3v) is 2.41. The first-order valence-corrected chi connectivity index (χ1v) is 6.49. The second-order valence-corrected chi connectivity index (χ2v) is 5.48. The summed E-state index contributed by atoms with van der Waals surface area (Å²) in [6, 6.07) is 3.45. The average Bonchev–Trinajstić information content (AvgIpc) is 2.32. The van der Waals surface area contributed by atoms with Crippen LogP contribution in [0, 0.1) is 0 Å². The van der Waals surface area contributed by atoms with Crippen LogP contribution in [0.1, 0.15) is 26.5 Å². The van der Waals surface area contributed by atoms with Gasteiger partial charge in [-0.3, -0.25) is 9.88 Å². The molecule has 0 saturated heterocycles. The van der Waals surface area contributed by atoms with Crippen LogP contribution in [0.3, 0.4) is 0 Å². The van der Waals surface area contributed by atoms with Crippen molar-refractivity contribution in [2.24, 2.45) is 0 Å². The number of hydrogen-bond donors (Lipinski definition) is 1. The number of pyridine rings is 1. The van der Waals surface area contributed by atoms with Gasteiger partial charge < -0.3 is 15.2 Å². The molecular formula is C14H23N3O3. The lowest BCUT2D eigenvalue weighted by atomic mass is 10.2. The lowest BCUT2D eigenvalue weighted by Gasteiger charge is -2.27. The highest BCUT2D eigenvalue weighted by atomic mass is 16.6. The predicted molar refractivity (Wildman–Crippen MR) is 77.2 cm³/mol. The first-order valence-electron chi connectivity index (χ1n) is 6.49. The minimum Gasteiger partial charge on any atom is -0.444 e. The van der Waals surface area contributed by atoms with Gasteiger partial charge in [-0.1, -0.05) is 0 Å². The van der Waals surface area contributed by atoms with Gasteiger partial charge in [-0.15, -0.1) is 0 Å². The molecular weight excluding hydrogens is 258 g/mol. The fraction of sp³-hybridized carbons (Fsp3) is 0.571. The number of ether oxygens (including phenoxy) is 2. The molecule has 0 atom stereocenters. The maximum atomic E-state index is 12.1. The molecule has 0 aliphatic rings. The van der Waals surface area contributed by atoms with Crippen molar-refractivity contribution in [3.8, 4) is 0 Å². The number of hydrogen-bond acceptors (Lipinski definition) is 5. The molecule has 0 aromatic carbocycles. The van der Waals surface area contributed by atoms with Gasteiger partial charge in [-0.2, -0.15) is 0 Å². The summed E-state index contributed by atoms with van der Waals surface area (Å²) in [6.07, 6.45) is 1.23. The van der Waals surface area contributed by atoms with E-state index in [1.807, 2.05) is 20.8 Å². The van der Waals surface area contributed by atoms with E-state index < -0.39 is 11.7 Å². The number of carbonyl (C=O) groups excluding carboxylic acids is 1. The van der Waals surface area contributed by atoms with Gasteiger partial charge in [0.2, 0.25) is 0 Å². The Hall–Kier alpha value is -1.82. The zero-order valence-corrected chi connectivity index (χ0v) is 12.5. The second kappa shape index (κ2) is 7.09. The van der Waals surface area contributed by atoms with Crippen molar-refractivity contribution in [3.05, 3.63) is 24.0 Å². The van der Waals surface area contributed by atoms with Crippen molar-refractivity contribution in [2.45, 2.75) is 32.9 Å². The van der Waals surface area contributed by atoms with E-state index in [0.29, 0.717) is 31.1 Å². The van der Waals surface area contributed by atoms with Crippen LogP contribution < -0.4 is 5.73 Å². The number of anilines is 1. The van der Waals surface area contributed by atoms with Gasteiger partial charge in [0.1, 0.15) is 5.60 Å². The summed E-state index contributed by atoms with van der Waals surface area (Å²) in [5, 5.41) is 0. The van der Waals surface area contributed by atoms with Crippen LogP contribution in [0.2, 0.25) is 0 Å². The van der Waals surface area contributed by atoms with Crippen molar-refractivity contribution in [1.82, 2.24) is 9.88 Å². The van der Waals surface area contributed by atoms with E-state index in [-0.39, 0.29) is 0 Å². The quantitative estimate of drug-likeness (QED) is 0.893. The molecule has 0 saturated carbocycles. The Morgan fingerprint density at radius 3 is 2.70 bits per heavy atom. The van der Waals surface area contributed by atoms with Gasteiger partial charge in [0.15, 0.2) is 0 Å². The molecule has 20 heavy (non-hydrogen) atoms. The van der Waals surface area contributed by atoms with E-state index in [1.54, 1.807) is 30.3 Å². The van der Waals surface area contributed by atoms with Gasteiger partial charge in [0.05, 0.1) is 18.8 Å². The molecule has 0 bridgehead atoms. The lowest BCUT2D eigenvalue weighted by Crippen LogP contribution is -2.38. The summed E-state index contributed by atoms with van der Waals surface area (Å²) in [5.41, 5.74) is 6.51. The van der Waals surface area contributed by atoms with E-state index >= 15 is 0 Å². The van der Waals surface area contributed by atoms with Gasteiger partial charge in [0, 0.05) is 25.5 Å². The number of aromatic nitrogens is 1. The summed E-state index contributed by atoms with van der Waals surface area (Å²) in [5.74, 6) is 0. The van der Waals surface area contributed by atoms with Crippen LogP contribution in [0.5, 0.6) is 0 Å². The fourth-order valence-electron chi connectivity index (χ4n) is 1.54. The van der Waals surface area contributed by atoms with E-state index in [1.165, 1.54) is 0 Å². The summed E-state index contributed by atoms with van der Waals surface area (Å²) < 4.78 is 10.4. The highest BCUT2D eigenvalue weighted by molar-refractivity contribution is 5.68. The Bertz CT molecular complexity index is 444. The maximum absolute atomic E-state index is 12.1. The number of carbonyl (C=O) groups is 1. The van der Waals surface area contributed by atoms with Crippen LogP contribution in [0.25, 0.3) is 0 Å². The molecule has 0 fully saturated rings. The first kappa shape index (κ1) is 16.2. The van der Waals surface area contributed by atoms with E-state index in [0.717, 1.165) is 0 Å². The molecule has 0 aliphatic carbocycles. The largest absolute Gasteiger partial charge is 0.444 e. The SMILES string of the molecule is COCCN(Cc1cc(N)ccn1)C(=O)OC(C)(C)C. The maximum Gasteiger partial charge on any atom is 0.410 e. The van der Waals surface area contributed by atoms with E-state index in [9.17, 15) is 4.79 Å². The van der Waals surface area contributed by atoms with Crippen LogP contribution in [0.15, 0.2) is 18.3 Å². The Labute approximate surface area is 119 Å². The third-order valence-electron chi connectivity index (χ3n) is 2.41. The van der Waals surface area contributed by atoms with E-state index in [4.69, 9.17) is 15.2 Å². The van der Waals surface area contributed by atoms with Crippen LogP contribution in [-0.4, -0.2) is 41.8 Å². The highest BCUT2D eigenvalue weighted by Gasteiger charge is 2.22. The Kier molecular flexibility index (Phi) is 5.76. The van der Waals surface area contributed by atoms with Crippen LogP contribution in [-0.2, 0) is 16.0 Å². The molecule has 1 heterocycles. The molecule has 1 aromatic rings. The predicted octanol–water partition coefficient (Wildman–Crippen LogP) is 2.05. The second-order valence-electron chi connectivity index (χ2n) is 5.48. The zero-order valence-electron chi connectivity index (χ0n) is 12.5. The average molecular weight is 281 g/mol. The normalized spacial score (nSPS) is 11.2. The lowest BCUT2D eigenvalue weighted by molar-refractivity contribution is 0.0181. The van der Waals surface area contributed by atoms with Crippen molar-refractivity contribution in [3.63, 3.8) is 0 Å². The molecule has 1 amide bonds. The topological polar surface area (TPSA) is 77.7 Å². The molecule has 0 aliphatic heterocycles. The van der Waals surface area contributed by atoms with Gasteiger partial charge in [0.25, 0.3) is 0 Å². The number of nitrogens with zero attached hydrogens (tertiary/aromatic N) is 2. The number of methoxy groups -OCH3 is 1. The van der Waals surface area contributed by atoms with Crippen LogP contribution in [0.4, 0.5) is 10.5 Å². The van der Waals surface area contributed by atoms with Crippen molar-refractivity contribution >= 4 is 11.8 Å². The van der Waals surface area contributed by atoms with Crippen LogP contribution >= 0.6 is 0 Å². The molecule has 2 N–H and O–H groups in total. The van der Waals surface area contributed by atoms with Crippen molar-refractivity contribution in [1.29, 1.82) is 0 Å². The van der Waals surface area contributed by atoms with E-state index in [2.05, 4.69) is 4.98 Å². The smallest absolute Gasteiger partial charge is 0.410 e. The van der Waals surface area contributed by atoms with Gasteiger partial charge in [-0.05, 0) is 32.9 Å². The highest BCUT2D eigenvalue weighted by Crippen LogP contribution is 2.12. The summed E-state index contributed by atoms with van der Waals surface area (Å²) in [7, 11) is 1.59. The standard InChI is InChI=1S/C14H23N3O3/c1-14(2,3)20-13(18)17(7-8-19-4)10-12-9-11(15)5-6-16-12/h5-6,9H,7-8,10H2,1-4H3,(H2,15,16). The monoisotopic (exact) mass is 281 g/mol. The van der Waals surface area contributed by atoms with Crippen molar-refractivity contribution < 1.29 is 14.3 Å². The Morgan fingerprint density at radius 2 is 2.15 bits per heavy atom. The molecule has 0 spiro atoms. The molecule has 112 valence electrons. The first-order chi connectivity index (χ1) is 9.31. The number of amides is 1. The molecule has 1 aromatic heterocycles. The minimum absolute atomic E-state index is 0.337. The van der Waals surface area contributed by atoms with Gasteiger partial charge in [-0.25, -0.2) is 4.79 Å². The number of nitrogens with two attached hydrogens (primary N) is 1. The number of rotatable bonds is 5. The van der Waals surface area contributed by atoms with Crippen molar-refractivity contribution in [2.75, 3.05) is 26.0 Å². The fourth-order valence-corrected chi connectivity index (χ4v) is 1.54. The third kappa shape index (κ3) is 5.88. The minimum atomic E-state index is -0.536. The molecule has 6 nitrogen and oxygen atoms in total. The summed E-state index contributed by atoms with van der Waals surface area (Å²) in [6.45, 7) is 6.70. The summed E-state index contributed by atoms with van der Waals surface area (Å²) >= 11 is 0. The zero-order chi connectivity index (χ0) is 15.2. The Balaban J connectivity index is 2.75. The summed E-state index contributed by atoms with van der Waals surface area (Å²) in [4.78, 5) is 17.9. The molecule has 0 radical (unpaired) electrons. The molecule has 6 heteroatoms. The molecule has 0 unspecified atom stereocenters. The van der Waals surface area contributed by atoms with Gasteiger partial charge >= 0.3 is 6.09 Å². The molecule has 1 rings (SSSR count).